The summed E-state index contributed by atoms with van der Waals surface area (Å²) in [4.78, 5) is 2.39. The molecule has 0 fully saturated rings. The number of nitrogens with zero attached hydrogens (tertiary/aromatic N) is 1. The van der Waals surface area contributed by atoms with Crippen LogP contribution in [0.2, 0.25) is 0 Å². The third kappa shape index (κ3) is 4.88. The Bertz CT molecular complexity index is 3320. The smallest absolute Gasteiger partial charge is 0.0720 e. The van der Waals surface area contributed by atoms with Crippen molar-refractivity contribution >= 4 is 17.1 Å². The molecule has 0 amide bonds. The van der Waals surface area contributed by atoms with Crippen LogP contribution in [0.1, 0.15) is 44.5 Å². The van der Waals surface area contributed by atoms with Crippen LogP contribution in [0.3, 0.4) is 0 Å². The standard InChI is InChI=1S/C62H41N/c1-3-20-42(21-4-1)43-22-17-26-46(40-43)63(45-24-5-2-6-25-45)47-27-18-23-44(41-47)48-31-19-39-59-60(48)51-30-9-12-34-54(51)62(59)57-37-15-13-35-55(57)61(56-36-14-16-38-58(56)62)52-32-10-7-28-49(52)50-29-8-11-33-53(50)61/h1-41H. The molecule has 0 aromatic heterocycles. The first-order valence-electron chi connectivity index (χ1n) is 22.0. The summed E-state index contributed by atoms with van der Waals surface area (Å²) in [7, 11) is 0. The van der Waals surface area contributed by atoms with E-state index in [1.165, 1.54) is 89.0 Å². The predicted octanol–water partition coefficient (Wildman–Crippen LogP) is 15.5. The van der Waals surface area contributed by atoms with Crippen molar-refractivity contribution in [3.05, 3.63) is 293 Å². The van der Waals surface area contributed by atoms with Crippen LogP contribution in [0.25, 0.3) is 44.5 Å². The van der Waals surface area contributed by atoms with Gasteiger partial charge in [-0.1, -0.05) is 212 Å². The Labute approximate surface area is 368 Å². The van der Waals surface area contributed by atoms with Gasteiger partial charge in [0.2, 0.25) is 0 Å². The summed E-state index contributed by atoms with van der Waals surface area (Å²) in [6.07, 6.45) is 0. The molecular formula is C62H41N. The van der Waals surface area contributed by atoms with Gasteiger partial charge in [-0.15, -0.1) is 0 Å². The molecule has 0 saturated carbocycles. The first-order valence-corrected chi connectivity index (χ1v) is 22.0. The number of fused-ring (bicyclic) bond motifs is 16. The minimum absolute atomic E-state index is 0.464. The lowest BCUT2D eigenvalue weighted by Gasteiger charge is -2.48. The SMILES string of the molecule is c1ccc(-c2cccc(N(c3ccccc3)c3cccc(-c4cccc5c4-c4ccccc4C54c5ccccc5C5(c6ccccc6-c6ccccc65)c5ccccc54)c3)c2)cc1. The molecule has 0 N–H and O–H groups in total. The molecule has 3 aliphatic carbocycles. The highest BCUT2D eigenvalue weighted by molar-refractivity contribution is 5.99. The van der Waals surface area contributed by atoms with Crippen LogP contribution in [-0.4, -0.2) is 0 Å². The lowest BCUT2D eigenvalue weighted by Crippen LogP contribution is -2.43. The van der Waals surface area contributed by atoms with Gasteiger partial charge < -0.3 is 4.90 Å². The number of para-hydroxylation sites is 1. The fourth-order valence-electron chi connectivity index (χ4n) is 11.8. The average Bonchev–Trinajstić information content (AvgIpc) is 3.83. The number of rotatable bonds is 5. The third-order valence-corrected chi connectivity index (χ3v) is 14.1. The Hall–Kier alpha value is -8.00. The number of hydrogen-bond donors (Lipinski definition) is 0. The minimum atomic E-state index is -0.543. The molecule has 2 spiro atoms. The maximum atomic E-state index is 2.43. The Kier molecular flexibility index (Phi) is 7.80. The summed E-state index contributed by atoms with van der Waals surface area (Å²) in [6.45, 7) is 0. The Morgan fingerprint density at radius 3 is 1.14 bits per heavy atom. The van der Waals surface area contributed by atoms with Gasteiger partial charge in [0.25, 0.3) is 0 Å². The largest absolute Gasteiger partial charge is 0.310 e. The Morgan fingerprint density at radius 1 is 0.222 bits per heavy atom. The molecule has 0 bridgehead atoms. The molecule has 0 aliphatic heterocycles. The second-order valence-corrected chi connectivity index (χ2v) is 17.1. The van der Waals surface area contributed by atoms with Gasteiger partial charge in [-0.25, -0.2) is 0 Å². The molecule has 0 saturated heterocycles. The molecular weight excluding hydrogens is 759 g/mol. The minimum Gasteiger partial charge on any atom is -0.310 e. The van der Waals surface area contributed by atoms with Crippen LogP contribution in [0.15, 0.2) is 249 Å². The summed E-state index contributed by atoms with van der Waals surface area (Å²) >= 11 is 0. The van der Waals surface area contributed by atoms with Gasteiger partial charge in [0, 0.05) is 17.1 Å². The first kappa shape index (κ1) is 35.7. The molecule has 1 nitrogen and oxygen atoms in total. The molecule has 3 aliphatic rings. The number of benzene rings is 10. The lowest BCUT2D eigenvalue weighted by atomic mass is 9.52. The van der Waals surface area contributed by atoms with Crippen LogP contribution in [0.5, 0.6) is 0 Å². The summed E-state index contributed by atoms with van der Waals surface area (Å²) in [5.41, 5.74) is 23.1. The van der Waals surface area contributed by atoms with E-state index in [9.17, 15) is 0 Å². The number of hydrogen-bond acceptors (Lipinski definition) is 1. The summed E-state index contributed by atoms with van der Waals surface area (Å²) in [5, 5.41) is 0. The maximum absolute atomic E-state index is 2.43. The zero-order chi connectivity index (χ0) is 41.5. The second-order valence-electron chi connectivity index (χ2n) is 17.1. The van der Waals surface area contributed by atoms with Crippen molar-refractivity contribution in [3.63, 3.8) is 0 Å². The zero-order valence-corrected chi connectivity index (χ0v) is 34.6. The van der Waals surface area contributed by atoms with Crippen molar-refractivity contribution in [2.75, 3.05) is 4.90 Å². The van der Waals surface area contributed by atoms with Gasteiger partial charge in [-0.05, 0) is 125 Å². The van der Waals surface area contributed by atoms with E-state index in [2.05, 4.69) is 254 Å². The zero-order valence-electron chi connectivity index (χ0n) is 34.6. The van der Waals surface area contributed by atoms with E-state index in [4.69, 9.17) is 0 Å². The van der Waals surface area contributed by atoms with Crippen LogP contribution in [-0.2, 0) is 10.8 Å². The molecule has 0 atom stereocenters. The summed E-state index contributed by atoms with van der Waals surface area (Å²) < 4.78 is 0. The second kappa shape index (κ2) is 13.8. The maximum Gasteiger partial charge on any atom is 0.0720 e. The van der Waals surface area contributed by atoms with Crippen molar-refractivity contribution in [3.8, 4) is 44.5 Å². The van der Waals surface area contributed by atoms with Crippen LogP contribution >= 0.6 is 0 Å². The quantitative estimate of drug-likeness (QED) is 0.168. The Balaban J connectivity index is 1.05. The van der Waals surface area contributed by atoms with Crippen molar-refractivity contribution in [2.24, 2.45) is 0 Å². The van der Waals surface area contributed by atoms with E-state index in [-0.39, 0.29) is 0 Å². The fourth-order valence-corrected chi connectivity index (χ4v) is 11.8. The van der Waals surface area contributed by atoms with E-state index in [1.807, 2.05) is 0 Å². The van der Waals surface area contributed by atoms with Crippen molar-refractivity contribution in [1.29, 1.82) is 0 Å². The molecule has 1 heteroatoms. The predicted molar refractivity (Wildman–Crippen MR) is 260 cm³/mol. The fraction of sp³-hybridized carbons (Fsp3) is 0.0323. The lowest BCUT2D eigenvalue weighted by molar-refractivity contribution is 0.633. The van der Waals surface area contributed by atoms with E-state index >= 15 is 0 Å². The highest BCUT2D eigenvalue weighted by Crippen LogP contribution is 2.68. The van der Waals surface area contributed by atoms with Gasteiger partial charge in [0.1, 0.15) is 0 Å². The van der Waals surface area contributed by atoms with E-state index in [0.29, 0.717) is 0 Å². The topological polar surface area (TPSA) is 3.24 Å². The third-order valence-electron chi connectivity index (χ3n) is 14.1. The van der Waals surface area contributed by atoms with Crippen LogP contribution in [0, 0.1) is 0 Å². The molecule has 13 rings (SSSR count). The van der Waals surface area contributed by atoms with Gasteiger partial charge >= 0.3 is 0 Å². The highest BCUT2D eigenvalue weighted by Gasteiger charge is 2.59. The number of anilines is 3. The van der Waals surface area contributed by atoms with E-state index < -0.39 is 10.8 Å². The molecule has 63 heavy (non-hydrogen) atoms. The Morgan fingerprint density at radius 2 is 0.571 bits per heavy atom. The van der Waals surface area contributed by atoms with Gasteiger partial charge in [0.15, 0.2) is 0 Å². The van der Waals surface area contributed by atoms with E-state index in [1.54, 1.807) is 0 Å². The average molecular weight is 800 g/mol. The molecule has 0 heterocycles. The highest BCUT2D eigenvalue weighted by atomic mass is 15.1. The molecule has 0 unspecified atom stereocenters. The van der Waals surface area contributed by atoms with Crippen molar-refractivity contribution in [2.45, 2.75) is 10.8 Å². The van der Waals surface area contributed by atoms with Gasteiger partial charge in [0.05, 0.1) is 10.8 Å². The van der Waals surface area contributed by atoms with Crippen molar-refractivity contribution < 1.29 is 0 Å². The van der Waals surface area contributed by atoms with Gasteiger partial charge in [-0.3, -0.25) is 0 Å². The monoisotopic (exact) mass is 799 g/mol. The van der Waals surface area contributed by atoms with Gasteiger partial charge in [-0.2, -0.15) is 0 Å². The van der Waals surface area contributed by atoms with Crippen LogP contribution in [0.4, 0.5) is 17.1 Å². The van der Waals surface area contributed by atoms with E-state index in [0.717, 1.165) is 17.1 Å². The van der Waals surface area contributed by atoms with Crippen LogP contribution < -0.4 is 4.90 Å². The molecule has 10 aromatic rings. The van der Waals surface area contributed by atoms with Crippen molar-refractivity contribution in [1.82, 2.24) is 0 Å². The normalized spacial score (nSPS) is 14.0. The summed E-state index contributed by atoms with van der Waals surface area (Å²) in [6, 6.07) is 92.6. The molecule has 0 radical (unpaired) electrons. The molecule has 10 aromatic carbocycles. The molecule has 294 valence electrons. The summed E-state index contributed by atoms with van der Waals surface area (Å²) in [5.74, 6) is 0. The first-order chi connectivity index (χ1) is 31.3.